The van der Waals surface area contributed by atoms with Crippen molar-refractivity contribution in [2.75, 3.05) is 44.8 Å². The van der Waals surface area contributed by atoms with Gasteiger partial charge in [0.15, 0.2) is 17.0 Å². The van der Waals surface area contributed by atoms with Gasteiger partial charge in [-0.1, -0.05) is 12.8 Å². The Balaban J connectivity index is 1.29. The molecule has 2 saturated heterocycles. The molecule has 8 nitrogen and oxygen atoms in total. The highest BCUT2D eigenvalue weighted by molar-refractivity contribution is 5.83. The van der Waals surface area contributed by atoms with E-state index in [1.165, 1.54) is 12.8 Å². The number of anilines is 1. The molecular weight excluding hydrogens is 356 g/mol. The first-order valence-corrected chi connectivity index (χ1v) is 10.4. The highest BCUT2D eigenvalue weighted by Gasteiger charge is 2.43. The van der Waals surface area contributed by atoms with Crippen LogP contribution >= 0.6 is 0 Å². The molecule has 3 aliphatic rings. The molecule has 0 radical (unpaired) electrons. The Labute approximate surface area is 164 Å². The third kappa shape index (κ3) is 3.03. The van der Waals surface area contributed by atoms with Crippen LogP contribution in [0.25, 0.3) is 11.2 Å². The number of amides is 1. The molecule has 8 heteroatoms. The van der Waals surface area contributed by atoms with Crippen molar-refractivity contribution >= 4 is 22.9 Å². The third-order valence-electron chi connectivity index (χ3n) is 6.72. The zero-order valence-corrected chi connectivity index (χ0v) is 16.5. The minimum Gasteiger partial charge on any atom is -0.383 e. The van der Waals surface area contributed by atoms with Crippen LogP contribution in [0.5, 0.6) is 0 Å². The topological polar surface area (TPSA) is 76.4 Å². The van der Waals surface area contributed by atoms with Crippen LogP contribution < -0.4 is 4.90 Å². The van der Waals surface area contributed by atoms with Crippen LogP contribution in [0.1, 0.15) is 25.7 Å². The summed E-state index contributed by atoms with van der Waals surface area (Å²) in [6.45, 7) is 5.03. The Bertz CT molecular complexity index is 847. The summed E-state index contributed by atoms with van der Waals surface area (Å²) < 4.78 is 7.19. The number of carbonyl (C=O) groups is 1. The van der Waals surface area contributed by atoms with Crippen molar-refractivity contribution in [2.45, 2.75) is 32.2 Å². The molecule has 5 rings (SSSR count). The number of likely N-dealkylation sites (tertiary alicyclic amines) is 1. The van der Waals surface area contributed by atoms with Crippen LogP contribution in [0.15, 0.2) is 12.7 Å². The number of carbonyl (C=O) groups excluding carboxylic acids is 1. The fourth-order valence-corrected chi connectivity index (χ4v) is 5.23. The van der Waals surface area contributed by atoms with Crippen molar-refractivity contribution in [3.8, 4) is 0 Å². The lowest BCUT2D eigenvalue weighted by Crippen LogP contribution is -2.36. The standard InChI is InChI=1S/C20H28N6O2/c1-28-7-6-24-13-23-17-18(24)21-12-22-19(17)25-8-15-10-26(11-16(15)9-25)20(27)14-4-2-3-5-14/h12-16H,2-11H2,1H3. The van der Waals surface area contributed by atoms with Gasteiger partial charge in [0.2, 0.25) is 5.91 Å². The van der Waals surface area contributed by atoms with E-state index in [0.717, 1.165) is 62.5 Å². The van der Waals surface area contributed by atoms with Crippen LogP contribution in [-0.2, 0) is 16.1 Å². The Kier molecular flexibility index (Phi) is 4.66. The van der Waals surface area contributed by atoms with E-state index in [4.69, 9.17) is 4.74 Å². The van der Waals surface area contributed by atoms with Gasteiger partial charge in [0.25, 0.3) is 0 Å². The van der Waals surface area contributed by atoms with Gasteiger partial charge in [-0.15, -0.1) is 0 Å². The molecule has 2 unspecified atom stereocenters. The van der Waals surface area contributed by atoms with E-state index >= 15 is 0 Å². The quantitative estimate of drug-likeness (QED) is 0.779. The average molecular weight is 384 g/mol. The maximum absolute atomic E-state index is 12.8. The summed E-state index contributed by atoms with van der Waals surface area (Å²) in [4.78, 5) is 30.8. The van der Waals surface area contributed by atoms with E-state index in [1.807, 2.05) is 10.9 Å². The molecule has 0 spiro atoms. The summed E-state index contributed by atoms with van der Waals surface area (Å²) in [5.41, 5.74) is 1.72. The Morgan fingerprint density at radius 1 is 1.11 bits per heavy atom. The lowest BCUT2D eigenvalue weighted by atomic mass is 10.0. The second-order valence-electron chi connectivity index (χ2n) is 8.45. The largest absolute Gasteiger partial charge is 0.383 e. The van der Waals surface area contributed by atoms with E-state index in [0.29, 0.717) is 24.3 Å². The van der Waals surface area contributed by atoms with Crippen molar-refractivity contribution in [3.05, 3.63) is 12.7 Å². The molecule has 0 aromatic carbocycles. The summed E-state index contributed by atoms with van der Waals surface area (Å²) in [6.07, 6.45) is 8.05. The molecule has 150 valence electrons. The van der Waals surface area contributed by atoms with Crippen molar-refractivity contribution in [1.29, 1.82) is 0 Å². The van der Waals surface area contributed by atoms with E-state index in [1.54, 1.807) is 13.4 Å². The maximum Gasteiger partial charge on any atom is 0.225 e. The van der Waals surface area contributed by atoms with E-state index in [-0.39, 0.29) is 5.92 Å². The van der Waals surface area contributed by atoms with Crippen molar-refractivity contribution in [3.63, 3.8) is 0 Å². The lowest BCUT2D eigenvalue weighted by molar-refractivity contribution is -0.134. The SMILES string of the molecule is COCCn1cnc2c(N3CC4CN(C(=O)C5CCCC5)CC4C3)ncnc21. The van der Waals surface area contributed by atoms with E-state index < -0.39 is 0 Å². The number of fused-ring (bicyclic) bond motifs is 2. The Morgan fingerprint density at radius 3 is 2.57 bits per heavy atom. The number of hydrogen-bond donors (Lipinski definition) is 0. The minimum absolute atomic E-state index is 0.285. The fourth-order valence-electron chi connectivity index (χ4n) is 5.23. The first-order chi connectivity index (χ1) is 13.7. The van der Waals surface area contributed by atoms with Gasteiger partial charge in [-0.2, -0.15) is 0 Å². The first kappa shape index (κ1) is 17.8. The van der Waals surface area contributed by atoms with Crippen LogP contribution in [0, 0.1) is 17.8 Å². The molecule has 1 aliphatic carbocycles. The van der Waals surface area contributed by atoms with E-state index in [2.05, 4.69) is 24.8 Å². The number of aromatic nitrogens is 4. The predicted octanol–water partition coefficient (Wildman–Crippen LogP) is 1.56. The third-order valence-corrected chi connectivity index (χ3v) is 6.72. The lowest BCUT2D eigenvalue weighted by Gasteiger charge is -2.24. The van der Waals surface area contributed by atoms with Crippen LogP contribution in [-0.4, -0.2) is 70.2 Å². The summed E-state index contributed by atoms with van der Waals surface area (Å²) in [7, 11) is 1.70. The highest BCUT2D eigenvalue weighted by atomic mass is 16.5. The summed E-state index contributed by atoms with van der Waals surface area (Å²) in [5.74, 6) is 2.67. The van der Waals surface area contributed by atoms with Crippen LogP contribution in [0.4, 0.5) is 5.82 Å². The molecule has 2 aromatic heterocycles. The molecule has 3 fully saturated rings. The van der Waals surface area contributed by atoms with Gasteiger partial charge in [-0.25, -0.2) is 15.0 Å². The van der Waals surface area contributed by atoms with Gasteiger partial charge in [0, 0.05) is 57.6 Å². The minimum atomic E-state index is 0.285. The number of nitrogens with zero attached hydrogens (tertiary/aromatic N) is 6. The van der Waals surface area contributed by atoms with Gasteiger partial charge < -0.3 is 19.1 Å². The molecule has 1 saturated carbocycles. The number of methoxy groups -OCH3 is 1. The Hall–Kier alpha value is -2.22. The fraction of sp³-hybridized carbons (Fsp3) is 0.700. The molecule has 2 atom stereocenters. The van der Waals surface area contributed by atoms with Gasteiger partial charge in [-0.3, -0.25) is 4.79 Å². The van der Waals surface area contributed by atoms with Crippen molar-refractivity contribution in [2.24, 2.45) is 17.8 Å². The van der Waals surface area contributed by atoms with Crippen LogP contribution in [0.2, 0.25) is 0 Å². The average Bonchev–Trinajstić information content (AvgIpc) is 3.48. The monoisotopic (exact) mass is 384 g/mol. The summed E-state index contributed by atoms with van der Waals surface area (Å²) in [6, 6.07) is 0. The molecule has 1 amide bonds. The zero-order chi connectivity index (χ0) is 19.1. The van der Waals surface area contributed by atoms with Gasteiger partial charge in [-0.05, 0) is 12.8 Å². The number of rotatable bonds is 5. The zero-order valence-electron chi connectivity index (χ0n) is 16.5. The number of imidazole rings is 1. The van der Waals surface area contributed by atoms with Crippen LogP contribution in [0.3, 0.4) is 0 Å². The molecule has 2 aliphatic heterocycles. The molecule has 2 aromatic rings. The smallest absolute Gasteiger partial charge is 0.225 e. The maximum atomic E-state index is 12.8. The second kappa shape index (κ2) is 7.31. The van der Waals surface area contributed by atoms with E-state index in [9.17, 15) is 4.79 Å². The highest BCUT2D eigenvalue weighted by Crippen LogP contribution is 2.37. The van der Waals surface area contributed by atoms with Crippen molar-refractivity contribution < 1.29 is 9.53 Å². The number of ether oxygens (including phenoxy) is 1. The van der Waals surface area contributed by atoms with Gasteiger partial charge >= 0.3 is 0 Å². The molecule has 0 N–H and O–H groups in total. The molecule has 0 bridgehead atoms. The second-order valence-corrected chi connectivity index (χ2v) is 8.45. The van der Waals surface area contributed by atoms with Gasteiger partial charge in [0.05, 0.1) is 12.9 Å². The number of hydrogen-bond acceptors (Lipinski definition) is 6. The molecular formula is C20H28N6O2. The summed E-state index contributed by atoms with van der Waals surface area (Å²) >= 11 is 0. The van der Waals surface area contributed by atoms with Gasteiger partial charge in [0.1, 0.15) is 6.33 Å². The van der Waals surface area contributed by atoms with Crippen molar-refractivity contribution in [1.82, 2.24) is 24.4 Å². The molecule has 28 heavy (non-hydrogen) atoms. The molecule has 4 heterocycles. The summed E-state index contributed by atoms with van der Waals surface area (Å²) in [5, 5.41) is 0. The predicted molar refractivity (Wildman–Crippen MR) is 105 cm³/mol. The normalized spacial score (nSPS) is 25.2. The Morgan fingerprint density at radius 2 is 1.86 bits per heavy atom. The first-order valence-electron chi connectivity index (χ1n) is 10.4.